The number of benzene rings is 2. The molecule has 3 atom stereocenters. The van der Waals surface area contributed by atoms with E-state index < -0.39 is 86.7 Å². The summed E-state index contributed by atoms with van der Waals surface area (Å²) in [6.07, 6.45) is -3.83. The third-order valence-corrected chi connectivity index (χ3v) is 14.2. The van der Waals surface area contributed by atoms with Crippen LogP contribution in [0.4, 0.5) is 11.4 Å². The molecule has 2 rings (SSSR count). The van der Waals surface area contributed by atoms with Gasteiger partial charge < -0.3 is 66.4 Å². The lowest BCUT2D eigenvalue weighted by Crippen LogP contribution is -2.41. The molecule has 0 saturated heterocycles. The first kappa shape index (κ1) is 52.5. The van der Waals surface area contributed by atoms with Gasteiger partial charge in [-0.05, 0) is 136 Å². The first-order chi connectivity index (χ1) is 26.6. The van der Waals surface area contributed by atoms with Gasteiger partial charge in [-0.25, -0.2) is 0 Å². The van der Waals surface area contributed by atoms with E-state index >= 15 is 0 Å². The molecular formula is C32H38I6N6O13. The maximum absolute atomic E-state index is 13.9. The maximum Gasteiger partial charge on any atom is 0.255 e. The van der Waals surface area contributed by atoms with Crippen LogP contribution in [0.15, 0.2) is 0 Å². The summed E-state index contributed by atoms with van der Waals surface area (Å²) in [7, 11) is 4.11. The monoisotopic (exact) mass is 1480 g/mol. The molecule has 2 aromatic carbocycles. The summed E-state index contributed by atoms with van der Waals surface area (Å²) in [5, 5.41) is 74.6. The molecular weight excluding hydrogens is 1440 g/mol. The van der Waals surface area contributed by atoms with E-state index in [2.05, 4.69) is 16.0 Å². The van der Waals surface area contributed by atoms with E-state index in [1.807, 2.05) is 67.8 Å². The van der Waals surface area contributed by atoms with Crippen molar-refractivity contribution in [3.63, 3.8) is 0 Å². The molecule has 0 bridgehead atoms. The normalized spacial score (nSPS) is 12.6. The van der Waals surface area contributed by atoms with Crippen LogP contribution < -0.4 is 20.9 Å². The Hall–Kier alpha value is -0.640. The highest BCUT2D eigenvalue weighted by atomic mass is 127. The van der Waals surface area contributed by atoms with Crippen molar-refractivity contribution in [1.82, 2.24) is 20.4 Å². The topological polar surface area (TPSA) is 290 Å². The highest BCUT2D eigenvalue weighted by Crippen LogP contribution is 2.39. The minimum Gasteiger partial charge on any atom is -0.394 e. The molecule has 0 aliphatic carbocycles. The van der Waals surface area contributed by atoms with E-state index in [0.717, 1.165) is 14.7 Å². The van der Waals surface area contributed by atoms with Gasteiger partial charge >= 0.3 is 0 Å². The Morgan fingerprint density at radius 2 is 0.982 bits per heavy atom. The summed E-state index contributed by atoms with van der Waals surface area (Å²) in [6, 6.07) is 0. The summed E-state index contributed by atoms with van der Waals surface area (Å²) >= 11 is 10.8. The lowest BCUT2D eigenvalue weighted by atomic mass is 10.1. The van der Waals surface area contributed by atoms with E-state index in [0.29, 0.717) is 0 Å². The van der Waals surface area contributed by atoms with Gasteiger partial charge in [-0.1, -0.05) is 0 Å². The van der Waals surface area contributed by atoms with Crippen molar-refractivity contribution in [2.45, 2.75) is 18.3 Å². The molecule has 6 amide bonds. The van der Waals surface area contributed by atoms with Gasteiger partial charge in [0.15, 0.2) is 0 Å². The van der Waals surface area contributed by atoms with Crippen molar-refractivity contribution in [2.24, 2.45) is 0 Å². The molecule has 0 aliphatic rings. The molecule has 19 nitrogen and oxygen atoms in total. The minimum atomic E-state index is -1.28. The van der Waals surface area contributed by atoms with Gasteiger partial charge in [-0.15, -0.1) is 0 Å². The molecule has 3 unspecified atom stereocenters. The molecule has 0 saturated carbocycles. The lowest BCUT2D eigenvalue weighted by molar-refractivity contribution is -0.119. The van der Waals surface area contributed by atoms with E-state index in [1.165, 1.54) is 21.1 Å². The number of likely N-dealkylation sites (N-methyl/N-ethyl adjacent to an activating group) is 3. The predicted octanol–water partition coefficient (Wildman–Crippen LogP) is -0.429. The standard InChI is InChI=1S/C32H38I6N6O13/c1-42(6-13(50)9-46)31(56)19-22(34)20(32(57)43(2)7-14(51)10-47)26(38)28(25(19)37)44(3)16(53)5-40-30(55)18-21(33)17(29(54)39-4-12(49)8-45)23(35)27(24(18)36)41-15(52)11-48/h12-14,45-51H,4-11H2,1-3H3,(H,39,54)(H,40,55)(H,41,52). The third-order valence-electron chi connectivity index (χ3n) is 7.80. The third kappa shape index (κ3) is 13.2. The van der Waals surface area contributed by atoms with Gasteiger partial charge in [0, 0.05) is 47.9 Å². The number of nitrogens with zero attached hydrogens (tertiary/aromatic N) is 3. The fourth-order valence-electron chi connectivity index (χ4n) is 4.82. The molecule has 0 spiro atoms. The molecule has 0 fully saturated rings. The number of hydrogen-bond donors (Lipinski definition) is 10. The number of hydrogen-bond acceptors (Lipinski definition) is 13. The summed E-state index contributed by atoms with van der Waals surface area (Å²) in [4.78, 5) is 84.4. The van der Waals surface area contributed by atoms with Gasteiger partial charge in [0.25, 0.3) is 23.6 Å². The van der Waals surface area contributed by atoms with Crippen LogP contribution in [0.3, 0.4) is 0 Å². The van der Waals surface area contributed by atoms with E-state index in [-0.39, 0.29) is 74.7 Å². The Balaban J connectivity index is 2.68. The SMILES string of the molecule is CN(CC(O)CO)C(=O)c1c(I)c(C(=O)N(C)CC(O)CO)c(I)c(N(C)C(=O)CNC(=O)c2c(I)c(NC(=O)CO)c(I)c(C(=O)NCC(O)CO)c2I)c1I. The van der Waals surface area contributed by atoms with Crippen molar-refractivity contribution >= 4 is 182 Å². The lowest BCUT2D eigenvalue weighted by Gasteiger charge is -2.28. The smallest absolute Gasteiger partial charge is 0.255 e. The summed E-state index contributed by atoms with van der Waals surface area (Å²) in [5.41, 5.74) is -0.100. The van der Waals surface area contributed by atoms with Gasteiger partial charge in [0.1, 0.15) is 6.61 Å². The van der Waals surface area contributed by atoms with E-state index in [1.54, 1.807) is 67.8 Å². The molecule has 316 valence electrons. The largest absolute Gasteiger partial charge is 0.394 e. The summed E-state index contributed by atoms with van der Waals surface area (Å²) in [5.74, 6) is -4.51. The van der Waals surface area contributed by atoms with Crippen molar-refractivity contribution < 1.29 is 64.5 Å². The second-order valence-corrected chi connectivity index (χ2v) is 18.5. The molecule has 0 heterocycles. The van der Waals surface area contributed by atoms with Gasteiger partial charge in [-0.2, -0.15) is 0 Å². The first-order valence-corrected chi connectivity index (χ1v) is 22.6. The zero-order valence-electron chi connectivity index (χ0n) is 30.1. The molecule has 0 radical (unpaired) electrons. The Kier molecular flexibility index (Phi) is 22.2. The van der Waals surface area contributed by atoms with Crippen LogP contribution in [-0.4, -0.2) is 173 Å². The average Bonchev–Trinajstić information content (AvgIpc) is 3.16. The molecule has 0 aliphatic heterocycles. The van der Waals surface area contributed by atoms with Crippen LogP contribution in [0, 0.1) is 21.4 Å². The van der Waals surface area contributed by atoms with Crippen LogP contribution in [-0.2, 0) is 9.59 Å². The zero-order valence-corrected chi connectivity index (χ0v) is 43.0. The number of halogens is 6. The van der Waals surface area contributed by atoms with Crippen molar-refractivity contribution in [2.75, 3.05) is 84.0 Å². The summed E-state index contributed by atoms with van der Waals surface area (Å²) in [6.45, 7) is -4.35. The minimum absolute atomic E-state index is 0.0137. The van der Waals surface area contributed by atoms with Crippen LogP contribution in [0.5, 0.6) is 0 Å². The maximum atomic E-state index is 13.9. The number of anilines is 2. The van der Waals surface area contributed by atoms with Crippen LogP contribution in [0.2, 0.25) is 0 Å². The number of carbonyl (C=O) groups excluding carboxylic acids is 6. The number of rotatable bonds is 18. The highest BCUT2D eigenvalue weighted by Gasteiger charge is 2.34. The Bertz CT molecular complexity index is 1830. The molecule has 0 aromatic heterocycles. The predicted molar refractivity (Wildman–Crippen MR) is 256 cm³/mol. The summed E-state index contributed by atoms with van der Waals surface area (Å²) < 4.78 is 1.09. The quantitative estimate of drug-likeness (QED) is 0.0850. The Morgan fingerprint density at radius 3 is 1.39 bits per heavy atom. The average molecular weight is 1480 g/mol. The fraction of sp³-hybridized carbons (Fsp3) is 0.438. The molecule has 57 heavy (non-hydrogen) atoms. The number of carbonyl (C=O) groups is 6. The number of aliphatic hydroxyl groups excluding tert-OH is 7. The fourth-order valence-corrected chi connectivity index (χ4v) is 14.0. The number of nitrogens with one attached hydrogen (secondary N) is 3. The number of aliphatic hydroxyl groups is 7. The Morgan fingerprint density at radius 1 is 0.579 bits per heavy atom. The van der Waals surface area contributed by atoms with E-state index in [4.69, 9.17) is 0 Å². The first-order valence-electron chi connectivity index (χ1n) is 16.1. The van der Waals surface area contributed by atoms with Crippen LogP contribution in [0.1, 0.15) is 41.4 Å². The van der Waals surface area contributed by atoms with Crippen LogP contribution in [0.25, 0.3) is 0 Å². The van der Waals surface area contributed by atoms with Crippen molar-refractivity contribution in [3.8, 4) is 0 Å². The second-order valence-electron chi connectivity index (χ2n) is 12.0. The molecule has 10 N–H and O–H groups in total. The van der Waals surface area contributed by atoms with E-state index in [9.17, 15) is 64.5 Å². The van der Waals surface area contributed by atoms with Gasteiger partial charge in [0.2, 0.25) is 11.8 Å². The highest BCUT2D eigenvalue weighted by molar-refractivity contribution is 14.1. The van der Waals surface area contributed by atoms with Crippen molar-refractivity contribution in [3.05, 3.63) is 43.7 Å². The number of amides is 6. The second kappa shape index (κ2) is 24.1. The zero-order chi connectivity index (χ0) is 43.6. The van der Waals surface area contributed by atoms with Gasteiger partial charge in [-0.3, -0.25) is 28.8 Å². The molecule has 2 aromatic rings. The van der Waals surface area contributed by atoms with Crippen molar-refractivity contribution in [1.29, 1.82) is 0 Å². The van der Waals surface area contributed by atoms with Crippen LogP contribution >= 0.6 is 136 Å². The molecule has 25 heteroatoms. The van der Waals surface area contributed by atoms with Gasteiger partial charge in [0.05, 0.1) is 92.6 Å². The Labute approximate surface area is 408 Å².